The highest BCUT2D eigenvalue weighted by Crippen LogP contribution is 2.46. The zero-order chi connectivity index (χ0) is 32.7. The number of aromatic amines is 1. The number of methoxy groups -OCH3 is 1. The van der Waals surface area contributed by atoms with Crippen LogP contribution in [0.15, 0.2) is 30.3 Å². The van der Waals surface area contributed by atoms with Gasteiger partial charge in [0.05, 0.1) is 41.5 Å². The summed E-state index contributed by atoms with van der Waals surface area (Å²) >= 11 is 12.8. The van der Waals surface area contributed by atoms with Crippen LogP contribution in [0.4, 0.5) is 31.0 Å². The maximum Gasteiger partial charge on any atom is 0.412 e. The minimum absolute atomic E-state index is 0.0844. The first-order chi connectivity index (χ1) is 22.0. The molecule has 3 aliphatic heterocycles. The number of H-pyrrole nitrogens is 1. The van der Waals surface area contributed by atoms with Crippen molar-refractivity contribution in [3.63, 3.8) is 0 Å². The lowest BCUT2D eigenvalue weighted by molar-refractivity contribution is -0.141. The molecule has 46 heavy (non-hydrogen) atoms. The van der Waals surface area contributed by atoms with Crippen molar-refractivity contribution in [2.45, 2.75) is 50.5 Å². The molecule has 0 aliphatic carbocycles. The molecule has 2 aromatic carbocycles. The molecule has 15 heteroatoms. The van der Waals surface area contributed by atoms with Gasteiger partial charge in [-0.3, -0.25) is 20.2 Å². The van der Waals surface area contributed by atoms with Crippen molar-refractivity contribution in [3.05, 3.63) is 57.7 Å². The molecule has 0 saturated carbocycles. The maximum atomic E-state index is 15.5. The van der Waals surface area contributed by atoms with E-state index in [-0.39, 0.29) is 39.8 Å². The van der Waals surface area contributed by atoms with Gasteiger partial charge < -0.3 is 24.7 Å². The summed E-state index contributed by atoms with van der Waals surface area (Å²) < 4.78 is 25.9. The molecule has 2 bridgehead atoms. The number of halogens is 3. The van der Waals surface area contributed by atoms with Gasteiger partial charge in [0, 0.05) is 23.7 Å². The Bertz CT molecular complexity index is 1750. The maximum absolute atomic E-state index is 15.5. The van der Waals surface area contributed by atoms with Gasteiger partial charge in [-0.05, 0) is 56.0 Å². The monoisotopic (exact) mass is 672 g/mol. The summed E-state index contributed by atoms with van der Waals surface area (Å²) in [5.74, 6) is -2.14. The number of anilines is 3. The molecule has 3 atom stereocenters. The number of amides is 4. The summed E-state index contributed by atoms with van der Waals surface area (Å²) in [7, 11) is 1.24. The summed E-state index contributed by atoms with van der Waals surface area (Å²) in [5, 5.41) is 8.06. The van der Waals surface area contributed by atoms with Crippen LogP contribution in [-0.4, -0.2) is 59.1 Å². The predicted octanol–water partition coefficient (Wildman–Crippen LogP) is 6.62. The Labute approximate surface area is 273 Å². The number of nitrogens with zero attached hydrogens (tertiary/aromatic N) is 2. The highest BCUT2D eigenvalue weighted by atomic mass is 35.5. The fraction of sp³-hybridized carbons (Fsp3) is 0.387. The molecule has 12 nitrogen and oxygen atoms in total. The van der Waals surface area contributed by atoms with Crippen LogP contribution in [0.3, 0.4) is 0 Å². The number of likely N-dealkylation sites (tertiary alicyclic amines) is 1. The number of aromatic nitrogens is 2. The molecular formula is C31H31Cl2FN6O6. The summed E-state index contributed by atoms with van der Waals surface area (Å²) in [6.45, 7) is 2.05. The molecule has 1 aromatic heterocycles. The lowest BCUT2D eigenvalue weighted by Gasteiger charge is -2.45. The summed E-state index contributed by atoms with van der Waals surface area (Å²) in [5.41, 5.74) is 0.433. The van der Waals surface area contributed by atoms with Crippen LogP contribution < -0.4 is 16.0 Å². The number of hydrogen-bond acceptors (Lipinski definition) is 7. The third-order valence-corrected chi connectivity index (χ3v) is 9.26. The Kier molecular flexibility index (Phi) is 8.55. The third kappa shape index (κ3) is 5.84. The van der Waals surface area contributed by atoms with Crippen LogP contribution in [-0.2, 0) is 24.7 Å². The second-order valence-electron chi connectivity index (χ2n) is 11.7. The minimum atomic E-state index is -1.43. The van der Waals surface area contributed by atoms with E-state index in [9.17, 15) is 19.2 Å². The van der Waals surface area contributed by atoms with Gasteiger partial charge in [0.1, 0.15) is 16.7 Å². The molecule has 4 heterocycles. The highest BCUT2D eigenvalue weighted by Gasteiger charge is 2.49. The number of carbonyl (C=O) groups is 4. The van der Waals surface area contributed by atoms with E-state index in [2.05, 4.69) is 25.7 Å². The smallest absolute Gasteiger partial charge is 0.412 e. The van der Waals surface area contributed by atoms with E-state index in [0.717, 1.165) is 0 Å². The van der Waals surface area contributed by atoms with E-state index in [0.29, 0.717) is 67.1 Å². The van der Waals surface area contributed by atoms with Crippen LogP contribution in [0.2, 0.25) is 10.2 Å². The quantitative estimate of drug-likeness (QED) is 0.238. The van der Waals surface area contributed by atoms with Crippen LogP contribution in [0.5, 0.6) is 0 Å². The number of rotatable bonds is 2. The predicted molar refractivity (Wildman–Crippen MR) is 168 cm³/mol. The van der Waals surface area contributed by atoms with Crippen molar-refractivity contribution < 1.29 is 33.0 Å². The van der Waals surface area contributed by atoms with Crippen LogP contribution in [0.1, 0.15) is 56.3 Å². The topological polar surface area (TPSA) is 155 Å². The first-order valence-corrected chi connectivity index (χ1v) is 15.6. The number of benzene rings is 2. The molecule has 0 radical (unpaired) electrons. The second kappa shape index (κ2) is 12.4. The zero-order valence-corrected chi connectivity index (χ0v) is 26.5. The lowest BCUT2D eigenvalue weighted by Crippen LogP contribution is -2.54. The molecule has 1 fully saturated rings. The van der Waals surface area contributed by atoms with Gasteiger partial charge in [-0.2, -0.15) is 0 Å². The number of imidazole rings is 1. The normalized spacial score (nSPS) is 22.7. The Hall–Kier alpha value is -4.36. The fourth-order valence-electron chi connectivity index (χ4n) is 6.39. The number of hydrogen-bond donors (Lipinski definition) is 4. The molecule has 242 valence electrons. The number of nitrogens with one attached hydrogen (secondary N) is 4. The number of ether oxygens (including phenoxy) is 2. The highest BCUT2D eigenvalue weighted by molar-refractivity contribution is 6.32. The first kappa shape index (κ1) is 31.6. The molecule has 1 spiro atoms. The number of piperidine rings is 1. The summed E-state index contributed by atoms with van der Waals surface area (Å²) in [6, 6.07) is 7.72. The van der Waals surface area contributed by atoms with E-state index in [4.69, 9.17) is 32.9 Å². The minimum Gasteiger partial charge on any atom is -0.453 e. The molecular weight excluding hydrogens is 642 g/mol. The van der Waals surface area contributed by atoms with Gasteiger partial charge in [0.25, 0.3) is 0 Å². The number of carbonyl (C=O) groups excluding carboxylic acids is 4. The van der Waals surface area contributed by atoms with Crippen molar-refractivity contribution in [1.82, 2.24) is 14.9 Å². The van der Waals surface area contributed by atoms with Crippen molar-refractivity contribution in [2.75, 3.05) is 36.1 Å². The van der Waals surface area contributed by atoms with Gasteiger partial charge in [-0.25, -0.2) is 19.0 Å². The van der Waals surface area contributed by atoms with E-state index >= 15 is 4.39 Å². The van der Waals surface area contributed by atoms with E-state index in [1.807, 2.05) is 0 Å². The lowest BCUT2D eigenvalue weighted by atomic mass is 9.82. The molecule has 3 aliphatic rings. The number of fused-ring (bicyclic) bond motifs is 6. The van der Waals surface area contributed by atoms with Crippen LogP contribution >= 0.6 is 23.2 Å². The van der Waals surface area contributed by atoms with E-state index in [1.54, 1.807) is 30.0 Å². The van der Waals surface area contributed by atoms with Crippen molar-refractivity contribution in [3.8, 4) is 11.3 Å². The Morgan fingerprint density at radius 1 is 1.13 bits per heavy atom. The molecule has 4 amide bonds. The summed E-state index contributed by atoms with van der Waals surface area (Å²) in [4.78, 5) is 61.3. The Balaban J connectivity index is 1.36. The third-order valence-electron chi connectivity index (χ3n) is 8.69. The average molecular weight is 674 g/mol. The average Bonchev–Trinajstić information content (AvgIpc) is 3.40. The standard InChI is InChI=1S/C31H31Cl2FN6O6/c1-15-5-3-6-18(26-38-24(25(33)39-26)17-8-7-16(35-29(43)45-2)13-21(17)36-27(15)41)28(42)40-12-4-11-31(14-40)22-20(37-30(44)46-31)10-9-19(32)23(22)34/h7-10,13,15,18H,3-6,11-12,14H2,1-2H3,(H,35,43)(H,36,41)(H,37,44)(H,38,39)/t15-,18?,31+/m1/s1. The molecule has 4 N–H and O–H groups in total. The first-order valence-electron chi connectivity index (χ1n) is 14.8. The largest absolute Gasteiger partial charge is 0.453 e. The molecule has 6 rings (SSSR count). The SMILES string of the molecule is COC(=O)Nc1ccc2c(c1)NC(=O)[C@H](C)CCCC(C(=O)N1CCC[C@@]3(C1)OC(=O)Nc1ccc(Cl)c(F)c13)c1nc-2c(Cl)[nH]1. The van der Waals surface area contributed by atoms with Crippen molar-refractivity contribution >= 4 is 64.3 Å². The van der Waals surface area contributed by atoms with Crippen molar-refractivity contribution in [1.29, 1.82) is 0 Å². The molecule has 1 unspecified atom stereocenters. The van der Waals surface area contributed by atoms with Gasteiger partial charge >= 0.3 is 12.2 Å². The zero-order valence-electron chi connectivity index (χ0n) is 25.0. The van der Waals surface area contributed by atoms with Crippen LogP contribution in [0, 0.1) is 11.7 Å². The Morgan fingerprint density at radius 3 is 2.72 bits per heavy atom. The van der Waals surface area contributed by atoms with Crippen molar-refractivity contribution in [2.24, 2.45) is 5.92 Å². The second-order valence-corrected chi connectivity index (χ2v) is 12.5. The van der Waals surface area contributed by atoms with Crippen LogP contribution in [0.25, 0.3) is 11.3 Å². The van der Waals surface area contributed by atoms with Gasteiger partial charge in [0.2, 0.25) is 11.8 Å². The van der Waals surface area contributed by atoms with Gasteiger partial charge in [-0.1, -0.05) is 36.5 Å². The molecule has 3 aromatic rings. The van der Waals surface area contributed by atoms with Gasteiger partial charge in [-0.15, -0.1) is 0 Å². The Morgan fingerprint density at radius 2 is 1.93 bits per heavy atom. The fourth-order valence-corrected chi connectivity index (χ4v) is 6.79. The van der Waals surface area contributed by atoms with Gasteiger partial charge in [0.15, 0.2) is 11.4 Å². The molecule has 1 saturated heterocycles. The summed E-state index contributed by atoms with van der Waals surface area (Å²) in [6.07, 6.45) is 0.628. The van der Waals surface area contributed by atoms with E-state index < -0.39 is 35.4 Å². The van der Waals surface area contributed by atoms with E-state index in [1.165, 1.54) is 19.2 Å².